The Labute approximate surface area is 147 Å². The number of rotatable bonds is 5. The Morgan fingerprint density at radius 1 is 1.44 bits per heavy atom. The molecule has 1 atom stereocenters. The van der Waals surface area contributed by atoms with Crippen molar-refractivity contribution in [1.82, 2.24) is 25.1 Å². The topological polar surface area (TPSA) is 84.0 Å². The Morgan fingerprint density at radius 3 is 2.84 bits per heavy atom. The van der Waals surface area contributed by atoms with E-state index in [4.69, 9.17) is 4.74 Å². The lowest BCUT2D eigenvalue weighted by Crippen LogP contribution is -2.38. The van der Waals surface area contributed by atoms with Gasteiger partial charge in [0.15, 0.2) is 5.82 Å². The van der Waals surface area contributed by atoms with Crippen LogP contribution in [-0.2, 0) is 0 Å². The first-order valence-electron chi connectivity index (χ1n) is 8.87. The maximum absolute atomic E-state index is 12.8. The van der Waals surface area contributed by atoms with E-state index >= 15 is 0 Å². The number of likely N-dealkylation sites (tertiary alicyclic amines) is 1. The molecule has 0 aromatic carbocycles. The van der Waals surface area contributed by atoms with Gasteiger partial charge in [0.25, 0.3) is 5.91 Å². The zero-order chi connectivity index (χ0) is 17.8. The van der Waals surface area contributed by atoms with Crippen LogP contribution < -0.4 is 4.74 Å². The van der Waals surface area contributed by atoms with E-state index in [2.05, 4.69) is 27.1 Å². The molecule has 1 amide bonds. The maximum atomic E-state index is 12.8. The molecule has 3 heterocycles. The zero-order valence-corrected chi connectivity index (χ0v) is 15.0. The molecular weight excluding hydrogens is 318 g/mol. The fourth-order valence-corrected chi connectivity index (χ4v) is 2.96. The summed E-state index contributed by atoms with van der Waals surface area (Å²) in [5.74, 6) is 2.54. The van der Waals surface area contributed by atoms with Gasteiger partial charge in [-0.2, -0.15) is 5.10 Å². The number of hydrogen-bond donors (Lipinski definition) is 1. The summed E-state index contributed by atoms with van der Waals surface area (Å²) in [7, 11) is 0. The van der Waals surface area contributed by atoms with Gasteiger partial charge >= 0.3 is 0 Å². The molecule has 0 radical (unpaired) electrons. The van der Waals surface area contributed by atoms with E-state index in [1.165, 1.54) is 0 Å². The highest BCUT2D eigenvalue weighted by Gasteiger charge is 2.27. The van der Waals surface area contributed by atoms with Crippen LogP contribution in [0.2, 0.25) is 0 Å². The van der Waals surface area contributed by atoms with Gasteiger partial charge in [0.2, 0.25) is 5.88 Å². The van der Waals surface area contributed by atoms with Crippen LogP contribution in [0.3, 0.4) is 0 Å². The second kappa shape index (κ2) is 7.63. The minimum Gasteiger partial charge on any atom is -0.475 e. The van der Waals surface area contributed by atoms with Crippen molar-refractivity contribution in [3.63, 3.8) is 0 Å². The average Bonchev–Trinajstić information content (AvgIpc) is 3.08. The van der Waals surface area contributed by atoms with E-state index in [0.717, 1.165) is 30.9 Å². The highest BCUT2D eigenvalue weighted by atomic mass is 16.5. The number of nitrogens with one attached hydrogen (secondary N) is 1. The SMILES string of the molecule is CCC(C)Oc1cc(C(=O)N2CCC(c3n[nH]c(C)n3)CC2)ccn1. The van der Waals surface area contributed by atoms with Crippen molar-refractivity contribution in [3.05, 3.63) is 35.5 Å². The summed E-state index contributed by atoms with van der Waals surface area (Å²) in [6, 6.07) is 3.48. The molecular formula is C18H25N5O2. The summed E-state index contributed by atoms with van der Waals surface area (Å²) >= 11 is 0. The number of aromatic amines is 1. The first kappa shape index (κ1) is 17.4. The quantitative estimate of drug-likeness (QED) is 0.902. The Morgan fingerprint density at radius 2 is 2.20 bits per heavy atom. The lowest BCUT2D eigenvalue weighted by molar-refractivity contribution is 0.0710. The van der Waals surface area contributed by atoms with Gasteiger partial charge in [0.05, 0.1) is 6.10 Å². The summed E-state index contributed by atoms with van der Waals surface area (Å²) in [5.41, 5.74) is 0.625. The number of piperidine rings is 1. The minimum absolute atomic E-state index is 0.0287. The molecule has 0 spiro atoms. The molecule has 1 N–H and O–H groups in total. The van der Waals surface area contributed by atoms with Crippen molar-refractivity contribution in [3.8, 4) is 5.88 Å². The standard InChI is InChI=1S/C18H25N5O2/c1-4-12(2)25-16-11-15(5-8-19-16)18(24)23-9-6-14(7-10-23)17-20-13(3)21-22-17/h5,8,11-12,14H,4,6-7,9-10H2,1-3H3,(H,20,21,22). The van der Waals surface area contributed by atoms with Gasteiger partial charge < -0.3 is 9.64 Å². The molecule has 7 nitrogen and oxygen atoms in total. The van der Waals surface area contributed by atoms with E-state index in [1.807, 2.05) is 18.7 Å². The number of aromatic nitrogens is 4. The molecule has 2 aromatic heterocycles. The van der Waals surface area contributed by atoms with E-state index in [1.54, 1.807) is 18.3 Å². The van der Waals surface area contributed by atoms with Crippen molar-refractivity contribution in [2.24, 2.45) is 0 Å². The van der Waals surface area contributed by atoms with Crippen molar-refractivity contribution >= 4 is 5.91 Å². The average molecular weight is 343 g/mol. The summed E-state index contributed by atoms with van der Waals surface area (Å²) in [6.07, 6.45) is 4.37. The van der Waals surface area contributed by atoms with E-state index in [0.29, 0.717) is 30.5 Å². The number of aryl methyl sites for hydroxylation is 1. The van der Waals surface area contributed by atoms with E-state index in [9.17, 15) is 4.79 Å². The second-order valence-electron chi connectivity index (χ2n) is 6.56. The number of ether oxygens (including phenoxy) is 1. The van der Waals surface area contributed by atoms with Gasteiger partial charge in [-0.25, -0.2) is 9.97 Å². The van der Waals surface area contributed by atoms with Gasteiger partial charge in [-0.1, -0.05) is 6.92 Å². The third kappa shape index (κ3) is 4.15. The number of hydrogen-bond acceptors (Lipinski definition) is 5. The number of nitrogens with zero attached hydrogens (tertiary/aromatic N) is 4. The van der Waals surface area contributed by atoms with Crippen LogP contribution in [0.25, 0.3) is 0 Å². The Balaban J connectivity index is 1.61. The molecule has 0 bridgehead atoms. The maximum Gasteiger partial charge on any atom is 0.254 e. The fourth-order valence-electron chi connectivity index (χ4n) is 2.96. The molecule has 1 aliphatic rings. The second-order valence-corrected chi connectivity index (χ2v) is 6.56. The normalized spacial score (nSPS) is 16.7. The summed E-state index contributed by atoms with van der Waals surface area (Å²) in [5, 5.41) is 7.14. The van der Waals surface area contributed by atoms with Crippen molar-refractivity contribution in [2.45, 2.75) is 52.1 Å². The molecule has 0 aliphatic carbocycles. The van der Waals surface area contributed by atoms with Crippen LogP contribution in [-0.4, -0.2) is 50.2 Å². The molecule has 1 unspecified atom stereocenters. The van der Waals surface area contributed by atoms with Gasteiger partial charge in [0.1, 0.15) is 5.82 Å². The Bertz CT molecular complexity index is 722. The lowest BCUT2D eigenvalue weighted by atomic mass is 9.95. The van der Waals surface area contributed by atoms with Crippen LogP contribution >= 0.6 is 0 Å². The highest BCUT2D eigenvalue weighted by molar-refractivity contribution is 5.94. The number of carbonyl (C=O) groups excluding carboxylic acids is 1. The van der Waals surface area contributed by atoms with Crippen LogP contribution in [0.4, 0.5) is 0 Å². The largest absolute Gasteiger partial charge is 0.475 e. The minimum atomic E-state index is 0.0287. The van der Waals surface area contributed by atoms with Gasteiger partial charge in [-0.3, -0.25) is 9.89 Å². The van der Waals surface area contributed by atoms with Gasteiger partial charge in [-0.05, 0) is 39.2 Å². The lowest BCUT2D eigenvalue weighted by Gasteiger charge is -2.30. The van der Waals surface area contributed by atoms with Crippen molar-refractivity contribution in [1.29, 1.82) is 0 Å². The van der Waals surface area contributed by atoms with Gasteiger partial charge in [-0.15, -0.1) is 0 Å². The predicted molar refractivity (Wildman–Crippen MR) is 93.6 cm³/mol. The Hall–Kier alpha value is -2.44. The number of H-pyrrole nitrogens is 1. The predicted octanol–water partition coefficient (Wildman–Crippen LogP) is 2.71. The smallest absolute Gasteiger partial charge is 0.254 e. The van der Waals surface area contributed by atoms with Gasteiger partial charge in [0, 0.05) is 36.8 Å². The third-order valence-corrected chi connectivity index (χ3v) is 4.64. The molecule has 1 saturated heterocycles. The zero-order valence-electron chi connectivity index (χ0n) is 15.0. The molecule has 134 valence electrons. The summed E-state index contributed by atoms with van der Waals surface area (Å²) in [4.78, 5) is 23.3. The summed E-state index contributed by atoms with van der Waals surface area (Å²) < 4.78 is 5.72. The van der Waals surface area contributed by atoms with Crippen LogP contribution in [0.1, 0.15) is 61.0 Å². The van der Waals surface area contributed by atoms with Crippen molar-refractivity contribution in [2.75, 3.05) is 13.1 Å². The first-order valence-corrected chi connectivity index (χ1v) is 8.87. The monoisotopic (exact) mass is 343 g/mol. The molecule has 2 aromatic rings. The van der Waals surface area contributed by atoms with E-state index in [-0.39, 0.29) is 12.0 Å². The van der Waals surface area contributed by atoms with Crippen LogP contribution in [0, 0.1) is 6.92 Å². The summed E-state index contributed by atoms with van der Waals surface area (Å²) in [6.45, 7) is 7.37. The third-order valence-electron chi connectivity index (χ3n) is 4.64. The molecule has 1 aliphatic heterocycles. The molecule has 1 fully saturated rings. The van der Waals surface area contributed by atoms with Crippen LogP contribution in [0.15, 0.2) is 18.3 Å². The molecule has 0 saturated carbocycles. The molecule has 3 rings (SSSR count). The van der Waals surface area contributed by atoms with Crippen LogP contribution in [0.5, 0.6) is 5.88 Å². The van der Waals surface area contributed by atoms with E-state index < -0.39 is 0 Å². The fraction of sp³-hybridized carbons (Fsp3) is 0.556. The number of carbonyl (C=O) groups is 1. The number of amides is 1. The molecule has 25 heavy (non-hydrogen) atoms. The Kier molecular flexibility index (Phi) is 5.31. The first-order chi connectivity index (χ1) is 12.1. The highest BCUT2D eigenvalue weighted by Crippen LogP contribution is 2.26. The number of pyridine rings is 1. The van der Waals surface area contributed by atoms with Crippen molar-refractivity contribution < 1.29 is 9.53 Å². The molecule has 7 heteroatoms.